The fourth-order valence-electron chi connectivity index (χ4n) is 5.26. The highest BCUT2D eigenvalue weighted by atomic mass is 79.9. The fourth-order valence-corrected chi connectivity index (χ4v) is 6.24. The largest absolute Gasteiger partial charge is 0.490 e. The third-order valence-electron chi connectivity index (χ3n) is 7.50. The summed E-state index contributed by atoms with van der Waals surface area (Å²) in [6.45, 7) is 9.16. The number of hydrogen-bond acceptors (Lipinski definition) is 8. The third-order valence-corrected chi connectivity index (χ3v) is 8.74. The Bertz CT molecular complexity index is 1290. The molecule has 0 aliphatic carbocycles. The second kappa shape index (κ2) is 19.3. The number of halogens is 2. The van der Waals surface area contributed by atoms with Crippen LogP contribution in [0, 0.1) is 5.92 Å². The van der Waals surface area contributed by atoms with Gasteiger partial charge in [-0.25, -0.2) is 9.59 Å². The Balaban J connectivity index is 2.66. The van der Waals surface area contributed by atoms with Gasteiger partial charge in [0.25, 0.3) is 0 Å². The topological polar surface area (TPSA) is 158 Å². The van der Waals surface area contributed by atoms with Crippen LogP contribution in [0.1, 0.15) is 56.6 Å². The SMILES string of the molecule is C=CN=C(CCCC(CCCC(=NC=C)C(=O)O)C(C)(c1ccc(OCCO)c(Br)c1)c1ccc(OCCO)c(Br)c1)C(=O)O. The standard InChI is InChI=1S/C33H40Br2N2O8/c1-4-36-27(31(40)41)10-6-8-22(9-7-11-28(32(42)43)37-5-2)33(3,23-12-14-29(25(34)20-23)44-18-16-38)24-13-15-30(26(35)21-24)45-19-17-39/h4-5,12-15,20-22,38-39H,1-2,6-11,16-19H2,3H3,(H,40,41)(H,42,43). The summed E-state index contributed by atoms with van der Waals surface area (Å²) in [4.78, 5) is 31.4. The Morgan fingerprint density at radius 3 is 1.53 bits per heavy atom. The van der Waals surface area contributed by atoms with Gasteiger partial charge in [0.2, 0.25) is 0 Å². The van der Waals surface area contributed by atoms with E-state index in [1.54, 1.807) is 0 Å². The number of benzene rings is 2. The van der Waals surface area contributed by atoms with E-state index < -0.39 is 17.4 Å². The number of aliphatic carboxylic acids is 2. The Morgan fingerprint density at radius 1 is 0.822 bits per heavy atom. The minimum Gasteiger partial charge on any atom is -0.490 e. The van der Waals surface area contributed by atoms with Crippen LogP contribution in [0.25, 0.3) is 0 Å². The van der Waals surface area contributed by atoms with Gasteiger partial charge in [-0.3, -0.25) is 9.98 Å². The lowest BCUT2D eigenvalue weighted by atomic mass is 9.64. The van der Waals surface area contributed by atoms with Crippen LogP contribution in [0.5, 0.6) is 11.5 Å². The molecule has 2 aromatic carbocycles. The predicted molar refractivity (Wildman–Crippen MR) is 182 cm³/mol. The summed E-state index contributed by atoms with van der Waals surface area (Å²) in [5.41, 5.74) is 1.22. The first-order valence-corrected chi connectivity index (χ1v) is 16.0. The van der Waals surface area contributed by atoms with Crippen molar-refractivity contribution in [2.75, 3.05) is 26.4 Å². The van der Waals surface area contributed by atoms with Crippen molar-refractivity contribution >= 4 is 55.2 Å². The molecule has 0 spiro atoms. The van der Waals surface area contributed by atoms with Gasteiger partial charge in [-0.1, -0.05) is 32.2 Å². The highest BCUT2D eigenvalue weighted by molar-refractivity contribution is 9.10. The molecule has 0 fully saturated rings. The highest BCUT2D eigenvalue weighted by Crippen LogP contribution is 2.47. The quantitative estimate of drug-likeness (QED) is 0.105. The van der Waals surface area contributed by atoms with E-state index in [4.69, 9.17) is 9.47 Å². The number of aliphatic hydroxyl groups is 2. The molecule has 0 atom stereocenters. The van der Waals surface area contributed by atoms with Gasteiger partial charge >= 0.3 is 11.9 Å². The summed E-state index contributed by atoms with van der Waals surface area (Å²) in [7, 11) is 0. The van der Waals surface area contributed by atoms with Gasteiger partial charge in [-0.15, -0.1) is 0 Å². The monoisotopic (exact) mass is 750 g/mol. The van der Waals surface area contributed by atoms with Crippen molar-refractivity contribution in [1.29, 1.82) is 0 Å². The van der Waals surface area contributed by atoms with E-state index in [9.17, 15) is 30.0 Å². The van der Waals surface area contributed by atoms with Gasteiger partial charge in [0.05, 0.1) is 22.2 Å². The van der Waals surface area contributed by atoms with Crippen LogP contribution in [0.4, 0.5) is 0 Å². The molecule has 0 bridgehead atoms. The van der Waals surface area contributed by atoms with E-state index >= 15 is 0 Å². The maximum Gasteiger partial charge on any atom is 0.350 e. The van der Waals surface area contributed by atoms with Crippen molar-refractivity contribution in [2.24, 2.45) is 15.9 Å². The molecule has 2 aromatic rings. The summed E-state index contributed by atoms with van der Waals surface area (Å²) >= 11 is 7.23. The van der Waals surface area contributed by atoms with E-state index in [1.807, 2.05) is 36.4 Å². The normalized spacial score (nSPS) is 12.8. The zero-order chi connectivity index (χ0) is 33.4. The third kappa shape index (κ3) is 10.9. The molecular formula is C33H40Br2N2O8. The van der Waals surface area contributed by atoms with Crippen LogP contribution in [-0.4, -0.2) is 70.2 Å². The van der Waals surface area contributed by atoms with Crippen molar-refractivity contribution in [3.63, 3.8) is 0 Å². The Labute approximate surface area is 280 Å². The number of rotatable bonds is 21. The van der Waals surface area contributed by atoms with Crippen LogP contribution in [0.2, 0.25) is 0 Å². The Hall–Kier alpha value is -3.32. The van der Waals surface area contributed by atoms with Crippen LogP contribution in [0.3, 0.4) is 0 Å². The van der Waals surface area contributed by atoms with Gasteiger partial charge in [-0.05, 0) is 112 Å². The number of aliphatic hydroxyl groups excluding tert-OH is 2. The molecule has 12 heteroatoms. The van der Waals surface area contributed by atoms with E-state index in [2.05, 4.69) is 61.9 Å². The first kappa shape index (κ1) is 37.9. The minimum absolute atomic E-state index is 0.0120. The van der Waals surface area contributed by atoms with Gasteiger partial charge in [0.1, 0.15) is 36.1 Å². The molecule has 0 saturated carbocycles. The molecule has 0 amide bonds. The van der Waals surface area contributed by atoms with Crippen molar-refractivity contribution in [3.05, 3.63) is 82.0 Å². The number of carboxylic acids is 2. The van der Waals surface area contributed by atoms with Crippen LogP contribution in [-0.2, 0) is 15.0 Å². The lowest BCUT2D eigenvalue weighted by Crippen LogP contribution is -2.34. The molecule has 0 unspecified atom stereocenters. The smallest absolute Gasteiger partial charge is 0.350 e. The highest BCUT2D eigenvalue weighted by Gasteiger charge is 2.38. The Kier molecular flexibility index (Phi) is 16.2. The molecule has 0 aliphatic heterocycles. The summed E-state index contributed by atoms with van der Waals surface area (Å²) in [5.74, 6) is -1.18. The average molecular weight is 752 g/mol. The van der Waals surface area contributed by atoms with Gasteiger partial charge in [0.15, 0.2) is 0 Å². The molecule has 0 heterocycles. The number of aliphatic imine (C=N–C) groups is 2. The predicted octanol–water partition coefficient (Wildman–Crippen LogP) is 6.55. The first-order chi connectivity index (χ1) is 21.5. The Morgan fingerprint density at radius 2 is 1.22 bits per heavy atom. The number of carbonyl (C=O) groups is 2. The summed E-state index contributed by atoms with van der Waals surface area (Å²) in [6, 6.07) is 11.5. The number of carboxylic acid groups (broad SMARTS) is 2. The van der Waals surface area contributed by atoms with Crippen molar-refractivity contribution in [3.8, 4) is 11.5 Å². The van der Waals surface area contributed by atoms with E-state index in [0.717, 1.165) is 11.1 Å². The molecule has 10 nitrogen and oxygen atoms in total. The maximum atomic E-state index is 11.7. The summed E-state index contributed by atoms with van der Waals surface area (Å²) in [5, 5.41) is 37.7. The van der Waals surface area contributed by atoms with Crippen LogP contribution >= 0.6 is 31.9 Å². The van der Waals surface area contributed by atoms with Gasteiger partial charge < -0.3 is 29.9 Å². The van der Waals surface area contributed by atoms with Gasteiger partial charge in [0, 0.05) is 17.8 Å². The minimum atomic E-state index is -1.11. The number of nitrogens with zero attached hydrogens (tertiary/aromatic N) is 2. The van der Waals surface area contributed by atoms with Crippen molar-refractivity contribution < 1.29 is 39.5 Å². The lowest BCUT2D eigenvalue weighted by Gasteiger charge is -2.40. The zero-order valence-electron chi connectivity index (χ0n) is 25.3. The molecule has 45 heavy (non-hydrogen) atoms. The van der Waals surface area contributed by atoms with E-state index in [0.29, 0.717) is 46.1 Å². The molecule has 2 rings (SSSR count). The fraction of sp³-hybridized carbons (Fsp3) is 0.394. The second-order valence-electron chi connectivity index (χ2n) is 10.2. The number of ether oxygens (including phenoxy) is 2. The van der Waals surface area contributed by atoms with E-state index in [-0.39, 0.29) is 56.6 Å². The summed E-state index contributed by atoms with van der Waals surface area (Å²) in [6.07, 6.45) is 5.06. The zero-order valence-corrected chi connectivity index (χ0v) is 28.4. The molecule has 0 aliphatic rings. The molecular weight excluding hydrogens is 712 g/mol. The molecule has 0 radical (unpaired) electrons. The summed E-state index contributed by atoms with van der Waals surface area (Å²) < 4.78 is 12.7. The molecule has 4 N–H and O–H groups in total. The molecule has 0 aromatic heterocycles. The number of hydrogen-bond donors (Lipinski definition) is 4. The first-order valence-electron chi connectivity index (χ1n) is 14.4. The molecule has 244 valence electrons. The average Bonchev–Trinajstić information content (AvgIpc) is 3.01. The van der Waals surface area contributed by atoms with Crippen LogP contribution < -0.4 is 9.47 Å². The van der Waals surface area contributed by atoms with Crippen molar-refractivity contribution in [2.45, 2.75) is 50.9 Å². The van der Waals surface area contributed by atoms with E-state index in [1.165, 1.54) is 12.4 Å². The maximum absolute atomic E-state index is 11.7. The second-order valence-corrected chi connectivity index (χ2v) is 12.0. The van der Waals surface area contributed by atoms with Gasteiger partial charge in [-0.2, -0.15) is 0 Å². The molecule has 0 saturated heterocycles. The lowest BCUT2D eigenvalue weighted by molar-refractivity contribution is -0.130. The van der Waals surface area contributed by atoms with Crippen LogP contribution in [0.15, 0.2) is 80.9 Å². The van der Waals surface area contributed by atoms with Crippen molar-refractivity contribution in [1.82, 2.24) is 0 Å².